The summed E-state index contributed by atoms with van der Waals surface area (Å²) in [5.41, 5.74) is 0.680. The Morgan fingerprint density at radius 2 is 2.35 bits per heavy atom. The maximum Gasteiger partial charge on any atom is 0.326 e. The molecule has 1 aliphatic rings. The zero-order valence-electron chi connectivity index (χ0n) is 11.5. The van der Waals surface area contributed by atoms with Crippen LogP contribution in [0.1, 0.15) is 25.0 Å². The van der Waals surface area contributed by atoms with Gasteiger partial charge in [-0.1, -0.05) is 6.42 Å². The standard InChI is InChI=1S/C13H20N4O3/c1-17(7-9-3-2-4-9)13(20)16-11(12(18)19)5-10-6-14-8-15-10/h6,8-9,11H,2-5,7H2,1H3,(H,14,15)(H,16,20)(H,18,19). The normalized spacial score (nSPS) is 16.2. The Bertz CT molecular complexity index is 456. The monoisotopic (exact) mass is 280 g/mol. The van der Waals surface area contributed by atoms with Crippen molar-refractivity contribution in [3.8, 4) is 0 Å². The van der Waals surface area contributed by atoms with Gasteiger partial charge in [0.25, 0.3) is 0 Å². The second-order valence-corrected chi connectivity index (χ2v) is 5.30. The van der Waals surface area contributed by atoms with E-state index in [1.807, 2.05) is 0 Å². The van der Waals surface area contributed by atoms with Crippen LogP contribution in [0.2, 0.25) is 0 Å². The number of hydrogen-bond donors (Lipinski definition) is 3. The van der Waals surface area contributed by atoms with Gasteiger partial charge in [-0.15, -0.1) is 0 Å². The largest absolute Gasteiger partial charge is 0.480 e. The topological polar surface area (TPSA) is 98.3 Å². The molecule has 1 unspecified atom stereocenters. The smallest absolute Gasteiger partial charge is 0.326 e. The number of carboxylic acid groups (broad SMARTS) is 1. The van der Waals surface area contributed by atoms with Crippen molar-refractivity contribution in [2.24, 2.45) is 5.92 Å². The summed E-state index contributed by atoms with van der Waals surface area (Å²) >= 11 is 0. The molecule has 1 aromatic heterocycles. The van der Waals surface area contributed by atoms with Gasteiger partial charge in [0, 0.05) is 31.9 Å². The lowest BCUT2D eigenvalue weighted by Gasteiger charge is -2.30. The third kappa shape index (κ3) is 3.72. The average Bonchev–Trinajstić information content (AvgIpc) is 2.85. The Morgan fingerprint density at radius 1 is 1.60 bits per heavy atom. The predicted molar refractivity (Wildman–Crippen MR) is 72.2 cm³/mol. The molecular weight excluding hydrogens is 260 g/mol. The highest BCUT2D eigenvalue weighted by molar-refractivity contribution is 5.82. The summed E-state index contributed by atoms with van der Waals surface area (Å²) in [4.78, 5) is 31.4. The summed E-state index contributed by atoms with van der Waals surface area (Å²) in [6.07, 6.45) is 6.75. The summed E-state index contributed by atoms with van der Waals surface area (Å²) in [5, 5.41) is 11.7. The van der Waals surface area contributed by atoms with Crippen LogP contribution in [0.15, 0.2) is 12.5 Å². The molecule has 0 aliphatic heterocycles. The Hall–Kier alpha value is -2.05. The lowest BCUT2D eigenvalue weighted by Crippen LogP contribution is -2.49. The molecule has 0 radical (unpaired) electrons. The zero-order valence-corrected chi connectivity index (χ0v) is 11.5. The van der Waals surface area contributed by atoms with Crippen molar-refractivity contribution < 1.29 is 14.7 Å². The number of carbonyl (C=O) groups is 2. The summed E-state index contributed by atoms with van der Waals surface area (Å²) < 4.78 is 0. The minimum Gasteiger partial charge on any atom is -0.480 e. The molecule has 0 spiro atoms. The first kappa shape index (κ1) is 14.4. The number of hydrogen-bond acceptors (Lipinski definition) is 3. The van der Waals surface area contributed by atoms with Gasteiger partial charge in [0.1, 0.15) is 6.04 Å². The zero-order chi connectivity index (χ0) is 14.5. The van der Waals surface area contributed by atoms with E-state index in [-0.39, 0.29) is 12.5 Å². The fourth-order valence-electron chi connectivity index (χ4n) is 2.22. The van der Waals surface area contributed by atoms with Gasteiger partial charge in [-0.2, -0.15) is 0 Å². The van der Waals surface area contributed by atoms with Crippen LogP contribution >= 0.6 is 0 Å². The number of H-pyrrole nitrogens is 1. The van der Waals surface area contributed by atoms with Gasteiger partial charge in [-0.3, -0.25) is 0 Å². The number of carboxylic acids is 1. The average molecular weight is 280 g/mol. The molecule has 7 heteroatoms. The van der Waals surface area contributed by atoms with E-state index in [4.69, 9.17) is 0 Å². The first-order valence-corrected chi connectivity index (χ1v) is 6.78. The lowest BCUT2D eigenvalue weighted by atomic mass is 9.85. The van der Waals surface area contributed by atoms with Crippen molar-refractivity contribution in [1.29, 1.82) is 0 Å². The molecule has 2 rings (SSSR count). The van der Waals surface area contributed by atoms with Gasteiger partial charge in [0.2, 0.25) is 0 Å². The molecule has 1 aliphatic carbocycles. The van der Waals surface area contributed by atoms with Gasteiger partial charge >= 0.3 is 12.0 Å². The first-order chi connectivity index (χ1) is 9.56. The van der Waals surface area contributed by atoms with Gasteiger partial charge in [-0.05, 0) is 18.8 Å². The Balaban J connectivity index is 1.86. The van der Waals surface area contributed by atoms with Gasteiger partial charge in [0.05, 0.1) is 6.33 Å². The van der Waals surface area contributed by atoms with E-state index in [0.29, 0.717) is 18.2 Å². The second kappa shape index (κ2) is 6.40. The van der Waals surface area contributed by atoms with Crippen LogP contribution < -0.4 is 5.32 Å². The number of nitrogens with zero attached hydrogens (tertiary/aromatic N) is 2. The van der Waals surface area contributed by atoms with Crippen LogP contribution in [0.4, 0.5) is 4.79 Å². The quantitative estimate of drug-likeness (QED) is 0.719. The molecule has 20 heavy (non-hydrogen) atoms. The predicted octanol–water partition coefficient (Wildman–Crippen LogP) is 0.847. The summed E-state index contributed by atoms with van der Waals surface area (Å²) in [6, 6.07) is -1.30. The number of aliphatic carboxylic acids is 1. The molecule has 7 nitrogen and oxygen atoms in total. The van der Waals surface area contributed by atoms with Crippen molar-refractivity contribution in [2.75, 3.05) is 13.6 Å². The molecule has 1 atom stereocenters. The number of aromatic nitrogens is 2. The van der Waals surface area contributed by atoms with Gasteiger partial charge in [-0.25, -0.2) is 14.6 Å². The molecule has 0 saturated heterocycles. The van der Waals surface area contributed by atoms with E-state index in [1.165, 1.54) is 12.7 Å². The van der Waals surface area contributed by atoms with Crippen LogP contribution in [-0.4, -0.2) is 51.6 Å². The summed E-state index contributed by atoms with van der Waals surface area (Å²) in [7, 11) is 1.70. The SMILES string of the molecule is CN(CC1CCC1)C(=O)NC(Cc1cnc[nH]1)C(=O)O. The molecule has 1 heterocycles. The highest BCUT2D eigenvalue weighted by Gasteiger charge is 2.25. The van der Waals surface area contributed by atoms with E-state index in [1.54, 1.807) is 18.1 Å². The van der Waals surface area contributed by atoms with E-state index in [0.717, 1.165) is 12.8 Å². The number of imidazole rings is 1. The van der Waals surface area contributed by atoms with Crippen molar-refractivity contribution in [3.63, 3.8) is 0 Å². The number of carbonyl (C=O) groups excluding carboxylic acids is 1. The molecule has 2 amide bonds. The van der Waals surface area contributed by atoms with E-state index >= 15 is 0 Å². The molecular formula is C13H20N4O3. The molecule has 110 valence electrons. The molecule has 1 aromatic rings. The van der Waals surface area contributed by atoms with Crippen LogP contribution in [0.5, 0.6) is 0 Å². The lowest BCUT2D eigenvalue weighted by molar-refractivity contribution is -0.139. The van der Waals surface area contributed by atoms with Gasteiger partial charge in [0.15, 0.2) is 0 Å². The highest BCUT2D eigenvalue weighted by atomic mass is 16.4. The third-order valence-corrected chi connectivity index (χ3v) is 3.68. The minimum atomic E-state index is -1.05. The molecule has 3 N–H and O–H groups in total. The highest BCUT2D eigenvalue weighted by Crippen LogP contribution is 2.26. The molecule has 0 bridgehead atoms. The molecule has 1 fully saturated rings. The van der Waals surface area contributed by atoms with Crippen LogP contribution in [0, 0.1) is 5.92 Å². The van der Waals surface area contributed by atoms with Crippen LogP contribution in [0.3, 0.4) is 0 Å². The van der Waals surface area contributed by atoms with Crippen LogP contribution in [-0.2, 0) is 11.2 Å². The van der Waals surface area contributed by atoms with E-state index < -0.39 is 12.0 Å². The Labute approximate surface area is 117 Å². The number of nitrogens with one attached hydrogen (secondary N) is 2. The minimum absolute atomic E-state index is 0.193. The number of amides is 2. The summed E-state index contributed by atoms with van der Waals surface area (Å²) in [5.74, 6) is -0.494. The first-order valence-electron chi connectivity index (χ1n) is 6.78. The maximum atomic E-state index is 12.0. The number of rotatable bonds is 6. The van der Waals surface area contributed by atoms with Crippen molar-refractivity contribution >= 4 is 12.0 Å². The second-order valence-electron chi connectivity index (χ2n) is 5.30. The van der Waals surface area contributed by atoms with Crippen molar-refractivity contribution in [1.82, 2.24) is 20.2 Å². The molecule has 0 aromatic carbocycles. The Kier molecular flexibility index (Phi) is 4.60. The summed E-state index contributed by atoms with van der Waals surface area (Å²) in [6.45, 7) is 0.683. The fraction of sp³-hybridized carbons (Fsp3) is 0.615. The van der Waals surface area contributed by atoms with Crippen molar-refractivity contribution in [2.45, 2.75) is 31.7 Å². The van der Waals surface area contributed by atoms with Crippen LogP contribution in [0.25, 0.3) is 0 Å². The number of aromatic amines is 1. The van der Waals surface area contributed by atoms with E-state index in [2.05, 4.69) is 15.3 Å². The third-order valence-electron chi connectivity index (χ3n) is 3.68. The fourth-order valence-corrected chi connectivity index (χ4v) is 2.22. The maximum absolute atomic E-state index is 12.0. The Morgan fingerprint density at radius 3 is 2.85 bits per heavy atom. The van der Waals surface area contributed by atoms with Crippen molar-refractivity contribution in [3.05, 3.63) is 18.2 Å². The molecule has 1 saturated carbocycles. The van der Waals surface area contributed by atoms with E-state index in [9.17, 15) is 14.7 Å². The van der Waals surface area contributed by atoms with Gasteiger partial charge < -0.3 is 20.3 Å². The number of urea groups is 1.